The Bertz CT molecular complexity index is 882. The van der Waals surface area contributed by atoms with Crippen LogP contribution in [-0.2, 0) is 0 Å². The zero-order valence-corrected chi connectivity index (χ0v) is 14.8. The predicted molar refractivity (Wildman–Crippen MR) is 106 cm³/mol. The Labute approximate surface area is 152 Å². The van der Waals surface area contributed by atoms with Crippen molar-refractivity contribution in [3.63, 3.8) is 0 Å². The minimum absolute atomic E-state index is 0.388. The molecular formula is C20H21N5O. The summed E-state index contributed by atoms with van der Waals surface area (Å²) in [5.74, 6) is 0. The average molecular weight is 347 g/mol. The van der Waals surface area contributed by atoms with Crippen molar-refractivity contribution in [3.05, 3.63) is 78.6 Å². The fourth-order valence-corrected chi connectivity index (χ4v) is 2.48. The summed E-state index contributed by atoms with van der Waals surface area (Å²) in [7, 11) is 4.02. The summed E-state index contributed by atoms with van der Waals surface area (Å²) < 4.78 is 2.00. The quantitative estimate of drug-likeness (QED) is 0.546. The highest BCUT2D eigenvalue weighted by atomic mass is 16.2. The molecule has 6 heteroatoms. The van der Waals surface area contributed by atoms with Crippen LogP contribution in [0, 0.1) is 0 Å². The van der Waals surface area contributed by atoms with E-state index < -0.39 is 0 Å². The summed E-state index contributed by atoms with van der Waals surface area (Å²) >= 11 is 0. The maximum Gasteiger partial charge on any atom is 0.339 e. The van der Waals surface area contributed by atoms with Gasteiger partial charge in [-0.15, -0.1) is 0 Å². The fraction of sp³-hybridized carbons (Fsp3) is 0.100. The molecule has 0 bridgehead atoms. The number of hydrazone groups is 1. The highest BCUT2D eigenvalue weighted by molar-refractivity contribution is 5.90. The molecule has 132 valence electrons. The maximum atomic E-state index is 11.8. The molecule has 0 radical (unpaired) electrons. The number of nitrogens with zero attached hydrogens (tertiary/aromatic N) is 3. The number of amides is 2. The third-order valence-electron chi connectivity index (χ3n) is 3.82. The van der Waals surface area contributed by atoms with Crippen LogP contribution in [0.4, 0.5) is 16.2 Å². The summed E-state index contributed by atoms with van der Waals surface area (Å²) in [6.07, 6.45) is 3.57. The second kappa shape index (κ2) is 8.02. The molecule has 1 heterocycles. The van der Waals surface area contributed by atoms with Gasteiger partial charge in [0.1, 0.15) is 0 Å². The molecule has 3 aromatic rings. The van der Waals surface area contributed by atoms with Crippen molar-refractivity contribution >= 4 is 23.6 Å². The third kappa shape index (κ3) is 4.30. The number of urea groups is 1. The number of aromatic nitrogens is 1. The van der Waals surface area contributed by atoms with Crippen molar-refractivity contribution in [1.29, 1.82) is 0 Å². The largest absolute Gasteiger partial charge is 0.378 e. The van der Waals surface area contributed by atoms with Gasteiger partial charge in [-0.3, -0.25) is 0 Å². The monoisotopic (exact) mass is 347 g/mol. The Morgan fingerprint density at radius 2 is 1.73 bits per heavy atom. The number of carbonyl (C=O) groups is 1. The van der Waals surface area contributed by atoms with Crippen LogP contribution in [0.2, 0.25) is 0 Å². The van der Waals surface area contributed by atoms with Gasteiger partial charge in [0.05, 0.1) is 11.9 Å². The lowest BCUT2D eigenvalue weighted by molar-refractivity contribution is 0.252. The lowest BCUT2D eigenvalue weighted by Crippen LogP contribution is -2.24. The molecule has 0 unspecified atom stereocenters. The Balaban J connectivity index is 1.65. The van der Waals surface area contributed by atoms with Crippen LogP contribution in [0.3, 0.4) is 0 Å². The van der Waals surface area contributed by atoms with Crippen LogP contribution in [0.15, 0.2) is 78.0 Å². The first-order valence-electron chi connectivity index (χ1n) is 8.24. The first kappa shape index (κ1) is 17.3. The smallest absolute Gasteiger partial charge is 0.339 e. The molecule has 1 aromatic heterocycles. The van der Waals surface area contributed by atoms with Gasteiger partial charge in [0.2, 0.25) is 0 Å². The van der Waals surface area contributed by atoms with Crippen molar-refractivity contribution in [3.8, 4) is 5.69 Å². The first-order valence-corrected chi connectivity index (χ1v) is 8.24. The second-order valence-electron chi connectivity index (χ2n) is 5.90. The summed E-state index contributed by atoms with van der Waals surface area (Å²) in [5, 5.41) is 6.74. The molecule has 6 nitrogen and oxygen atoms in total. The number of hydrogen-bond donors (Lipinski definition) is 2. The molecule has 26 heavy (non-hydrogen) atoms. The maximum absolute atomic E-state index is 11.8. The van der Waals surface area contributed by atoms with E-state index in [1.165, 1.54) is 0 Å². The van der Waals surface area contributed by atoms with Crippen molar-refractivity contribution in [2.75, 3.05) is 24.3 Å². The number of rotatable bonds is 5. The minimum atomic E-state index is -0.388. The van der Waals surface area contributed by atoms with Crippen LogP contribution in [-0.4, -0.2) is 30.9 Å². The number of hydrogen-bond acceptors (Lipinski definition) is 3. The summed E-state index contributed by atoms with van der Waals surface area (Å²) in [6, 6.07) is 20.9. The molecule has 0 fully saturated rings. The Hall–Kier alpha value is -3.54. The van der Waals surface area contributed by atoms with Gasteiger partial charge in [-0.05, 0) is 48.5 Å². The molecule has 0 atom stereocenters. The zero-order chi connectivity index (χ0) is 18.4. The van der Waals surface area contributed by atoms with E-state index in [0.29, 0.717) is 5.69 Å². The van der Waals surface area contributed by atoms with Crippen LogP contribution in [0.5, 0.6) is 0 Å². The molecule has 0 aliphatic carbocycles. The zero-order valence-electron chi connectivity index (χ0n) is 14.8. The van der Waals surface area contributed by atoms with Gasteiger partial charge >= 0.3 is 6.03 Å². The average Bonchev–Trinajstić information content (AvgIpc) is 3.11. The molecule has 2 aromatic carbocycles. The Morgan fingerprint density at radius 3 is 2.42 bits per heavy atom. The van der Waals surface area contributed by atoms with E-state index in [2.05, 4.69) is 32.9 Å². The highest BCUT2D eigenvalue weighted by Crippen LogP contribution is 2.17. The van der Waals surface area contributed by atoms with Crippen LogP contribution in [0.25, 0.3) is 5.69 Å². The van der Waals surface area contributed by atoms with Crippen molar-refractivity contribution in [1.82, 2.24) is 9.99 Å². The lowest BCUT2D eigenvalue weighted by Gasteiger charge is -2.13. The van der Waals surface area contributed by atoms with E-state index in [9.17, 15) is 4.79 Å². The van der Waals surface area contributed by atoms with Crippen LogP contribution in [0.1, 0.15) is 5.69 Å². The molecular weight excluding hydrogens is 326 g/mol. The number of anilines is 2. The van der Waals surface area contributed by atoms with E-state index >= 15 is 0 Å². The SMILES string of the molecule is CN(C)c1ccc(-n2cccc2/C=N/NC(=O)Nc2ccccc2)cc1. The number of carbonyl (C=O) groups excluding carboxylic acids is 1. The van der Waals surface area contributed by atoms with Gasteiger partial charge in [-0.2, -0.15) is 5.10 Å². The normalized spacial score (nSPS) is 10.7. The van der Waals surface area contributed by atoms with Gasteiger partial charge in [0.15, 0.2) is 0 Å². The molecule has 3 rings (SSSR count). The standard InChI is InChI=1S/C20H21N5O/c1-24(2)17-10-12-18(13-11-17)25-14-6-9-19(25)15-21-23-20(26)22-16-7-4-3-5-8-16/h3-15H,1-2H3,(H2,22,23,26)/b21-15+. The Kier molecular flexibility index (Phi) is 5.34. The van der Waals surface area contributed by atoms with Crippen molar-refractivity contribution < 1.29 is 4.79 Å². The molecule has 2 N–H and O–H groups in total. The van der Waals surface area contributed by atoms with Crippen LogP contribution >= 0.6 is 0 Å². The fourth-order valence-electron chi connectivity index (χ4n) is 2.48. The summed E-state index contributed by atoms with van der Waals surface area (Å²) in [5.41, 5.74) is 6.21. The van der Waals surface area contributed by atoms with Gasteiger partial charge in [-0.1, -0.05) is 18.2 Å². The molecule has 2 amide bonds. The molecule has 0 aliphatic heterocycles. The van der Waals surface area contributed by atoms with E-state index in [0.717, 1.165) is 17.1 Å². The van der Waals surface area contributed by atoms with Gasteiger partial charge in [0, 0.05) is 37.4 Å². The second-order valence-corrected chi connectivity index (χ2v) is 5.90. The van der Waals surface area contributed by atoms with Gasteiger partial charge in [0.25, 0.3) is 0 Å². The Morgan fingerprint density at radius 1 is 1.00 bits per heavy atom. The molecule has 0 aliphatic rings. The summed E-state index contributed by atoms with van der Waals surface area (Å²) in [6.45, 7) is 0. The van der Waals surface area contributed by atoms with E-state index in [-0.39, 0.29) is 6.03 Å². The minimum Gasteiger partial charge on any atom is -0.378 e. The van der Waals surface area contributed by atoms with Gasteiger partial charge < -0.3 is 14.8 Å². The van der Waals surface area contributed by atoms with E-state index in [1.807, 2.05) is 79.5 Å². The molecule has 0 saturated carbocycles. The number of para-hydroxylation sites is 1. The number of benzene rings is 2. The van der Waals surface area contributed by atoms with Crippen molar-refractivity contribution in [2.24, 2.45) is 5.10 Å². The lowest BCUT2D eigenvalue weighted by atomic mass is 10.2. The predicted octanol–water partition coefficient (Wildman–Crippen LogP) is 3.70. The van der Waals surface area contributed by atoms with E-state index in [1.54, 1.807) is 6.21 Å². The van der Waals surface area contributed by atoms with Crippen molar-refractivity contribution in [2.45, 2.75) is 0 Å². The first-order chi connectivity index (χ1) is 12.6. The summed E-state index contributed by atoms with van der Waals surface area (Å²) in [4.78, 5) is 13.9. The number of nitrogens with one attached hydrogen (secondary N) is 2. The highest BCUT2D eigenvalue weighted by Gasteiger charge is 2.03. The topological polar surface area (TPSA) is 61.7 Å². The molecule has 0 saturated heterocycles. The third-order valence-corrected chi connectivity index (χ3v) is 3.82. The van der Waals surface area contributed by atoms with Crippen LogP contribution < -0.4 is 15.6 Å². The van der Waals surface area contributed by atoms with Gasteiger partial charge in [-0.25, -0.2) is 10.2 Å². The van der Waals surface area contributed by atoms with E-state index in [4.69, 9.17) is 0 Å². The molecule has 0 spiro atoms.